The second-order valence-corrected chi connectivity index (χ2v) is 7.31. The van der Waals surface area contributed by atoms with Gasteiger partial charge in [-0.15, -0.1) is 0 Å². The number of rotatable bonds is 7. The lowest BCUT2D eigenvalue weighted by molar-refractivity contribution is -0.119. The van der Waals surface area contributed by atoms with Crippen molar-refractivity contribution in [2.24, 2.45) is 0 Å². The predicted octanol–water partition coefficient (Wildman–Crippen LogP) is 0.910. The molecule has 0 aliphatic rings. The molecule has 0 radical (unpaired) electrons. The Morgan fingerprint density at radius 2 is 1.92 bits per heavy atom. The number of amides is 1. The third-order valence-corrected chi connectivity index (χ3v) is 4.47. The van der Waals surface area contributed by atoms with Gasteiger partial charge in [-0.05, 0) is 19.1 Å². The van der Waals surface area contributed by atoms with E-state index in [9.17, 15) is 13.2 Å². The van der Waals surface area contributed by atoms with Crippen LogP contribution in [0.1, 0.15) is 11.3 Å². The monoisotopic (exact) mass is 348 g/mol. The molecule has 24 heavy (non-hydrogen) atoms. The van der Waals surface area contributed by atoms with Crippen LogP contribution in [-0.4, -0.2) is 43.6 Å². The van der Waals surface area contributed by atoms with E-state index in [1.807, 2.05) is 6.92 Å². The zero-order chi connectivity index (χ0) is 17.6. The number of hydrogen-bond donors (Lipinski definition) is 1. The summed E-state index contributed by atoms with van der Waals surface area (Å²) in [5.74, 6) is -0.370. The summed E-state index contributed by atoms with van der Waals surface area (Å²) in [7, 11) is -3.55. The standard InChI is InChI=1S/C16H20N4O3S/c1-13-3-5-15(6-4-13)20(24(2,22)23)12-16(21)19-8-7-14-11-17-9-10-18-14/h3-6,9-11H,7-8,12H2,1-2H3,(H,19,21). The molecule has 2 rings (SSSR count). The predicted molar refractivity (Wildman–Crippen MR) is 92.1 cm³/mol. The number of nitrogens with one attached hydrogen (secondary N) is 1. The minimum atomic E-state index is -3.55. The molecule has 1 aromatic heterocycles. The highest BCUT2D eigenvalue weighted by atomic mass is 32.2. The summed E-state index contributed by atoms with van der Waals surface area (Å²) in [5.41, 5.74) is 2.24. The topological polar surface area (TPSA) is 92.3 Å². The van der Waals surface area contributed by atoms with E-state index < -0.39 is 10.0 Å². The molecule has 0 atom stereocenters. The van der Waals surface area contributed by atoms with Gasteiger partial charge in [-0.2, -0.15) is 0 Å². The molecule has 0 unspecified atom stereocenters. The lowest BCUT2D eigenvalue weighted by atomic mass is 10.2. The maximum absolute atomic E-state index is 12.1. The van der Waals surface area contributed by atoms with Crippen molar-refractivity contribution in [1.29, 1.82) is 0 Å². The van der Waals surface area contributed by atoms with Crippen molar-refractivity contribution in [1.82, 2.24) is 15.3 Å². The Bertz CT molecular complexity index is 777. The second kappa shape index (κ2) is 7.87. The van der Waals surface area contributed by atoms with E-state index in [1.165, 1.54) is 0 Å². The van der Waals surface area contributed by atoms with Crippen molar-refractivity contribution in [2.45, 2.75) is 13.3 Å². The van der Waals surface area contributed by atoms with Gasteiger partial charge in [0.25, 0.3) is 0 Å². The zero-order valence-corrected chi connectivity index (χ0v) is 14.5. The third kappa shape index (κ3) is 5.31. The van der Waals surface area contributed by atoms with E-state index in [4.69, 9.17) is 0 Å². The van der Waals surface area contributed by atoms with E-state index in [0.717, 1.165) is 21.8 Å². The molecule has 8 heteroatoms. The summed E-state index contributed by atoms with van der Waals surface area (Å²) in [4.78, 5) is 20.1. The summed E-state index contributed by atoms with van der Waals surface area (Å²) in [5, 5.41) is 2.70. The first kappa shape index (κ1) is 17.9. The van der Waals surface area contributed by atoms with Crippen LogP contribution in [0.5, 0.6) is 0 Å². The Labute approximate surface area is 141 Å². The third-order valence-electron chi connectivity index (χ3n) is 3.33. The first-order chi connectivity index (χ1) is 11.4. The fourth-order valence-corrected chi connectivity index (χ4v) is 2.94. The number of aromatic nitrogens is 2. The number of sulfonamides is 1. The summed E-state index contributed by atoms with van der Waals surface area (Å²) in [6.45, 7) is 2.01. The molecular weight excluding hydrogens is 328 g/mol. The largest absolute Gasteiger partial charge is 0.354 e. The number of hydrogen-bond acceptors (Lipinski definition) is 5. The first-order valence-electron chi connectivity index (χ1n) is 7.42. The van der Waals surface area contributed by atoms with Crippen LogP contribution in [0.2, 0.25) is 0 Å². The average Bonchev–Trinajstić information content (AvgIpc) is 2.54. The Hall–Kier alpha value is -2.48. The SMILES string of the molecule is Cc1ccc(N(CC(=O)NCCc2cnccn2)S(C)(=O)=O)cc1. The molecule has 0 aliphatic carbocycles. The van der Waals surface area contributed by atoms with Gasteiger partial charge < -0.3 is 5.32 Å². The minimum absolute atomic E-state index is 0.262. The molecular formula is C16H20N4O3S. The summed E-state index contributed by atoms with van der Waals surface area (Å²) in [6, 6.07) is 6.98. The minimum Gasteiger partial charge on any atom is -0.354 e. The van der Waals surface area contributed by atoms with Crippen molar-refractivity contribution >= 4 is 21.6 Å². The number of aryl methyl sites for hydroxylation is 1. The number of carbonyl (C=O) groups excluding carboxylic acids is 1. The summed E-state index contributed by atoms with van der Waals surface area (Å²) >= 11 is 0. The van der Waals surface area contributed by atoms with Crippen molar-refractivity contribution in [3.05, 3.63) is 54.1 Å². The van der Waals surface area contributed by atoms with E-state index in [2.05, 4.69) is 15.3 Å². The van der Waals surface area contributed by atoms with Gasteiger partial charge in [0.05, 0.1) is 17.6 Å². The number of benzene rings is 1. The molecule has 0 fully saturated rings. The Balaban J connectivity index is 1.96. The van der Waals surface area contributed by atoms with Crippen LogP contribution in [0.3, 0.4) is 0 Å². The van der Waals surface area contributed by atoms with E-state index in [0.29, 0.717) is 18.7 Å². The normalized spacial score (nSPS) is 11.1. The van der Waals surface area contributed by atoms with Gasteiger partial charge >= 0.3 is 0 Å². The van der Waals surface area contributed by atoms with Gasteiger partial charge in [0.2, 0.25) is 15.9 Å². The Kier molecular flexibility index (Phi) is 5.86. The second-order valence-electron chi connectivity index (χ2n) is 5.40. The molecule has 0 saturated heterocycles. The highest BCUT2D eigenvalue weighted by Crippen LogP contribution is 2.17. The lowest BCUT2D eigenvalue weighted by Crippen LogP contribution is -2.41. The van der Waals surface area contributed by atoms with Gasteiger partial charge in [-0.25, -0.2) is 8.42 Å². The molecule has 2 aromatic rings. The van der Waals surface area contributed by atoms with Crippen molar-refractivity contribution in [3.8, 4) is 0 Å². The number of nitrogens with zero attached hydrogens (tertiary/aromatic N) is 3. The molecule has 1 amide bonds. The maximum Gasteiger partial charge on any atom is 0.240 e. The Morgan fingerprint density at radius 3 is 2.50 bits per heavy atom. The van der Waals surface area contributed by atoms with Crippen molar-refractivity contribution in [2.75, 3.05) is 23.7 Å². The van der Waals surface area contributed by atoms with Crippen LogP contribution in [-0.2, 0) is 21.2 Å². The van der Waals surface area contributed by atoms with Crippen molar-refractivity contribution < 1.29 is 13.2 Å². The van der Waals surface area contributed by atoms with Gasteiger partial charge in [0, 0.05) is 31.6 Å². The number of carbonyl (C=O) groups is 1. The fourth-order valence-electron chi connectivity index (χ4n) is 2.09. The van der Waals surface area contributed by atoms with Crippen molar-refractivity contribution in [3.63, 3.8) is 0 Å². The molecule has 7 nitrogen and oxygen atoms in total. The average molecular weight is 348 g/mol. The molecule has 0 spiro atoms. The molecule has 0 bridgehead atoms. The lowest BCUT2D eigenvalue weighted by Gasteiger charge is -2.22. The highest BCUT2D eigenvalue weighted by molar-refractivity contribution is 7.92. The molecule has 0 saturated carbocycles. The maximum atomic E-state index is 12.1. The van der Waals surface area contributed by atoms with Crippen LogP contribution in [0.15, 0.2) is 42.9 Å². The quantitative estimate of drug-likeness (QED) is 0.803. The van der Waals surface area contributed by atoms with Crippen LogP contribution < -0.4 is 9.62 Å². The van der Waals surface area contributed by atoms with Crippen LogP contribution in [0.25, 0.3) is 0 Å². The van der Waals surface area contributed by atoms with Crippen LogP contribution in [0, 0.1) is 6.92 Å². The van der Waals surface area contributed by atoms with Crippen LogP contribution >= 0.6 is 0 Å². The van der Waals surface area contributed by atoms with Gasteiger partial charge in [0.15, 0.2) is 0 Å². The molecule has 1 N–H and O–H groups in total. The van der Waals surface area contributed by atoms with E-state index in [1.54, 1.807) is 42.9 Å². The fraction of sp³-hybridized carbons (Fsp3) is 0.312. The zero-order valence-electron chi connectivity index (χ0n) is 13.6. The van der Waals surface area contributed by atoms with Gasteiger partial charge in [0.1, 0.15) is 6.54 Å². The molecule has 1 aromatic carbocycles. The molecule has 0 aliphatic heterocycles. The number of anilines is 1. The molecule has 128 valence electrons. The first-order valence-corrected chi connectivity index (χ1v) is 9.27. The molecule has 1 heterocycles. The van der Waals surface area contributed by atoms with E-state index >= 15 is 0 Å². The Morgan fingerprint density at radius 1 is 1.21 bits per heavy atom. The summed E-state index contributed by atoms with van der Waals surface area (Å²) < 4.78 is 25.0. The van der Waals surface area contributed by atoms with Crippen LogP contribution in [0.4, 0.5) is 5.69 Å². The highest BCUT2D eigenvalue weighted by Gasteiger charge is 2.20. The smallest absolute Gasteiger partial charge is 0.240 e. The van der Waals surface area contributed by atoms with E-state index in [-0.39, 0.29) is 12.5 Å². The summed E-state index contributed by atoms with van der Waals surface area (Å²) in [6.07, 6.45) is 6.40. The van der Waals surface area contributed by atoms with Gasteiger partial charge in [-0.3, -0.25) is 19.1 Å². The van der Waals surface area contributed by atoms with Gasteiger partial charge in [-0.1, -0.05) is 17.7 Å².